The maximum Gasteiger partial charge on any atom is 0.240 e. The molecular weight excluding hydrogens is 426 g/mol. The number of carbonyl (C=O) groups is 2. The fraction of sp³-hybridized carbons (Fsp3) is 0.417. The third-order valence-corrected chi connectivity index (χ3v) is 7.37. The minimum Gasteiger partial charge on any atom is -0.348 e. The number of benzene rings is 2. The molecule has 1 fully saturated rings. The lowest BCUT2D eigenvalue weighted by Crippen LogP contribution is -2.41. The number of amides is 2. The number of rotatable bonds is 9. The van der Waals surface area contributed by atoms with E-state index in [1.54, 1.807) is 30.3 Å². The van der Waals surface area contributed by atoms with Gasteiger partial charge >= 0.3 is 0 Å². The van der Waals surface area contributed by atoms with Gasteiger partial charge in [0.25, 0.3) is 0 Å². The first kappa shape index (κ1) is 23.9. The normalized spacial score (nSPS) is 19.7. The number of carbonyl (C=O) groups excluding carboxylic acids is 2. The molecule has 0 saturated heterocycles. The fourth-order valence-electron chi connectivity index (χ4n) is 3.97. The largest absolute Gasteiger partial charge is 0.348 e. The van der Waals surface area contributed by atoms with Crippen molar-refractivity contribution in [2.75, 3.05) is 13.1 Å². The lowest BCUT2D eigenvalue weighted by atomic mass is 9.81. The van der Waals surface area contributed by atoms with Crippen LogP contribution in [0.25, 0.3) is 0 Å². The van der Waals surface area contributed by atoms with Gasteiger partial charge in [-0.3, -0.25) is 9.59 Å². The summed E-state index contributed by atoms with van der Waals surface area (Å²) in [5, 5.41) is 5.63. The van der Waals surface area contributed by atoms with Gasteiger partial charge in [-0.05, 0) is 56.2 Å². The van der Waals surface area contributed by atoms with Crippen LogP contribution >= 0.6 is 0 Å². The van der Waals surface area contributed by atoms with Crippen molar-refractivity contribution < 1.29 is 18.0 Å². The molecule has 1 saturated carbocycles. The highest BCUT2D eigenvalue weighted by atomic mass is 32.2. The molecule has 8 heteroatoms. The quantitative estimate of drug-likeness (QED) is 0.539. The Hall–Kier alpha value is -2.71. The molecule has 2 aromatic carbocycles. The van der Waals surface area contributed by atoms with Crippen molar-refractivity contribution in [3.8, 4) is 0 Å². The van der Waals surface area contributed by atoms with Crippen molar-refractivity contribution >= 4 is 21.8 Å². The molecule has 1 aliphatic carbocycles. The molecule has 0 heterocycles. The first-order chi connectivity index (χ1) is 15.3. The minimum atomic E-state index is -3.51. The highest BCUT2D eigenvalue weighted by Gasteiger charge is 2.27. The SMILES string of the molecule is C[C@H](NC(=O)CNC(=O)C1CCC(CNS(=O)(=O)c2ccccc2)CC1)c1ccccc1. The summed E-state index contributed by atoms with van der Waals surface area (Å²) in [7, 11) is -3.51. The van der Waals surface area contributed by atoms with Gasteiger partial charge in [0.05, 0.1) is 17.5 Å². The highest BCUT2D eigenvalue weighted by Crippen LogP contribution is 2.28. The first-order valence-corrected chi connectivity index (χ1v) is 12.5. The van der Waals surface area contributed by atoms with Crippen LogP contribution in [0.3, 0.4) is 0 Å². The third-order valence-electron chi connectivity index (χ3n) is 5.93. The Kier molecular flexibility index (Phi) is 8.41. The van der Waals surface area contributed by atoms with Gasteiger partial charge in [-0.1, -0.05) is 48.5 Å². The summed E-state index contributed by atoms with van der Waals surface area (Å²) >= 11 is 0. The molecule has 2 aromatic rings. The van der Waals surface area contributed by atoms with Gasteiger partial charge in [0.15, 0.2) is 0 Å². The molecule has 7 nitrogen and oxygen atoms in total. The van der Waals surface area contributed by atoms with Crippen molar-refractivity contribution in [3.63, 3.8) is 0 Å². The maximum absolute atomic E-state index is 12.5. The van der Waals surface area contributed by atoms with E-state index in [2.05, 4.69) is 15.4 Å². The average molecular weight is 458 g/mol. The molecule has 3 N–H and O–H groups in total. The van der Waals surface area contributed by atoms with Gasteiger partial charge < -0.3 is 10.6 Å². The van der Waals surface area contributed by atoms with Crippen LogP contribution in [0.5, 0.6) is 0 Å². The van der Waals surface area contributed by atoms with Crippen molar-refractivity contribution in [3.05, 3.63) is 66.2 Å². The molecule has 1 atom stereocenters. The van der Waals surface area contributed by atoms with E-state index in [0.717, 1.165) is 18.4 Å². The van der Waals surface area contributed by atoms with Crippen LogP contribution in [0.2, 0.25) is 0 Å². The Morgan fingerprint density at radius 2 is 1.53 bits per heavy atom. The average Bonchev–Trinajstić information content (AvgIpc) is 2.82. The second kappa shape index (κ2) is 11.2. The summed E-state index contributed by atoms with van der Waals surface area (Å²) in [5.41, 5.74) is 1.01. The second-order valence-corrected chi connectivity index (χ2v) is 10.1. The standard InChI is InChI=1S/C24H31N3O4S/c1-18(20-8-4-2-5-9-20)27-23(28)17-25-24(29)21-14-12-19(13-15-21)16-26-32(30,31)22-10-6-3-7-11-22/h2-11,18-19,21,26H,12-17H2,1H3,(H,25,29)(H,27,28)/t18-,19?,21?/m0/s1. The van der Waals surface area contributed by atoms with Gasteiger partial charge in [-0.2, -0.15) is 0 Å². The molecule has 2 amide bonds. The number of hydrogen-bond acceptors (Lipinski definition) is 4. The summed E-state index contributed by atoms with van der Waals surface area (Å²) in [5.74, 6) is -0.279. The summed E-state index contributed by atoms with van der Waals surface area (Å²) in [6, 6.07) is 17.8. The van der Waals surface area contributed by atoms with E-state index in [1.165, 1.54) is 0 Å². The lowest BCUT2D eigenvalue weighted by Gasteiger charge is -2.27. The Labute approximate surface area is 190 Å². The molecule has 0 spiro atoms. The smallest absolute Gasteiger partial charge is 0.240 e. The van der Waals surface area contributed by atoms with Crippen LogP contribution in [-0.2, 0) is 19.6 Å². The molecule has 0 radical (unpaired) electrons. The monoisotopic (exact) mass is 457 g/mol. The zero-order valence-corrected chi connectivity index (χ0v) is 19.1. The maximum atomic E-state index is 12.5. The van der Waals surface area contributed by atoms with E-state index in [-0.39, 0.29) is 41.1 Å². The molecule has 32 heavy (non-hydrogen) atoms. The Morgan fingerprint density at radius 1 is 0.938 bits per heavy atom. The van der Waals surface area contributed by atoms with Crippen LogP contribution < -0.4 is 15.4 Å². The van der Waals surface area contributed by atoms with E-state index >= 15 is 0 Å². The molecule has 0 bridgehead atoms. The number of sulfonamides is 1. The van der Waals surface area contributed by atoms with Gasteiger partial charge in [-0.25, -0.2) is 13.1 Å². The molecule has 172 valence electrons. The molecule has 3 rings (SSSR count). The third kappa shape index (κ3) is 6.90. The molecule has 0 unspecified atom stereocenters. The van der Waals surface area contributed by atoms with Crippen LogP contribution in [0.15, 0.2) is 65.6 Å². The molecule has 1 aliphatic rings. The Bertz CT molecular complexity index is 988. The van der Waals surface area contributed by atoms with Crippen LogP contribution in [-0.4, -0.2) is 33.3 Å². The van der Waals surface area contributed by atoms with Crippen molar-refractivity contribution in [1.29, 1.82) is 0 Å². The molecule has 0 aliphatic heterocycles. The number of nitrogens with one attached hydrogen (secondary N) is 3. The topological polar surface area (TPSA) is 104 Å². The minimum absolute atomic E-state index is 0.0488. The summed E-state index contributed by atoms with van der Waals surface area (Å²) < 4.78 is 27.4. The molecular formula is C24H31N3O4S. The van der Waals surface area contributed by atoms with E-state index in [1.807, 2.05) is 37.3 Å². The van der Waals surface area contributed by atoms with Gasteiger partial charge in [0, 0.05) is 12.5 Å². The van der Waals surface area contributed by atoms with Gasteiger partial charge in [-0.15, -0.1) is 0 Å². The predicted octanol–water partition coefficient (Wildman–Crippen LogP) is 2.76. The summed E-state index contributed by atoms with van der Waals surface area (Å²) in [6.07, 6.45) is 2.91. The number of hydrogen-bond donors (Lipinski definition) is 3. The zero-order valence-electron chi connectivity index (χ0n) is 18.3. The van der Waals surface area contributed by atoms with E-state index in [4.69, 9.17) is 0 Å². The molecule has 0 aromatic heterocycles. The first-order valence-electron chi connectivity index (χ1n) is 11.0. The van der Waals surface area contributed by atoms with Crippen LogP contribution in [0.1, 0.15) is 44.2 Å². The van der Waals surface area contributed by atoms with E-state index in [9.17, 15) is 18.0 Å². The highest BCUT2D eigenvalue weighted by molar-refractivity contribution is 7.89. The van der Waals surface area contributed by atoms with E-state index in [0.29, 0.717) is 19.4 Å². The Balaban J connectivity index is 1.36. The lowest BCUT2D eigenvalue weighted by molar-refractivity contribution is -0.129. The van der Waals surface area contributed by atoms with Gasteiger partial charge in [0.1, 0.15) is 0 Å². The zero-order chi connectivity index (χ0) is 23.0. The predicted molar refractivity (Wildman–Crippen MR) is 123 cm³/mol. The van der Waals surface area contributed by atoms with Gasteiger partial charge in [0.2, 0.25) is 21.8 Å². The van der Waals surface area contributed by atoms with Crippen molar-refractivity contribution in [2.45, 2.75) is 43.5 Å². The second-order valence-electron chi connectivity index (χ2n) is 8.30. The Morgan fingerprint density at radius 3 is 2.16 bits per heavy atom. The fourth-order valence-corrected chi connectivity index (χ4v) is 5.11. The van der Waals surface area contributed by atoms with Crippen LogP contribution in [0.4, 0.5) is 0 Å². The van der Waals surface area contributed by atoms with Crippen LogP contribution in [0, 0.1) is 11.8 Å². The summed E-state index contributed by atoms with van der Waals surface area (Å²) in [4.78, 5) is 24.9. The van der Waals surface area contributed by atoms with E-state index < -0.39 is 10.0 Å². The van der Waals surface area contributed by atoms with Crippen molar-refractivity contribution in [1.82, 2.24) is 15.4 Å². The van der Waals surface area contributed by atoms with Crippen molar-refractivity contribution in [2.24, 2.45) is 11.8 Å². The summed E-state index contributed by atoms with van der Waals surface area (Å²) in [6.45, 7) is 2.22.